The molecule has 9 heteroatoms. The van der Waals surface area contributed by atoms with Gasteiger partial charge in [-0.05, 0) is 62.2 Å². The monoisotopic (exact) mass is 481 g/mol. The van der Waals surface area contributed by atoms with Crippen molar-refractivity contribution in [3.05, 3.63) is 70.4 Å². The number of nitrogens with zero attached hydrogens (tertiary/aromatic N) is 5. The first-order valence-corrected chi connectivity index (χ1v) is 11.6. The van der Waals surface area contributed by atoms with Crippen molar-refractivity contribution >= 4 is 11.6 Å². The molecule has 2 aliphatic heterocycles. The standard InChI is InChI=1S/C26H26F3N5O/c1-15-6-16(2)31-23-14-34(13-21(15)23)25(35)8-18-11-33(12-18)20-4-5-30-22(10-20)19-7-17(3)32-24(9-19)26(27,28)29/h4-7,9-10,18H,8,11-14H2,1-3H3. The van der Waals surface area contributed by atoms with Crippen molar-refractivity contribution in [2.24, 2.45) is 5.92 Å². The number of rotatable bonds is 4. The fourth-order valence-electron chi connectivity index (χ4n) is 4.91. The molecule has 0 unspecified atom stereocenters. The highest BCUT2D eigenvalue weighted by atomic mass is 19.4. The van der Waals surface area contributed by atoms with Crippen molar-refractivity contribution in [3.63, 3.8) is 0 Å². The zero-order valence-electron chi connectivity index (χ0n) is 19.9. The van der Waals surface area contributed by atoms with Crippen molar-refractivity contribution in [1.82, 2.24) is 19.9 Å². The lowest BCUT2D eigenvalue weighted by Gasteiger charge is -2.41. The first kappa shape index (κ1) is 23.3. The Morgan fingerprint density at radius 3 is 2.51 bits per heavy atom. The number of aryl methyl sites for hydroxylation is 3. The van der Waals surface area contributed by atoms with Gasteiger partial charge in [0.25, 0.3) is 0 Å². The van der Waals surface area contributed by atoms with Crippen LogP contribution in [0.2, 0.25) is 0 Å². The molecule has 3 aromatic heterocycles. The van der Waals surface area contributed by atoms with Crippen LogP contribution in [0.3, 0.4) is 0 Å². The fraction of sp³-hybridized carbons (Fsp3) is 0.385. The molecule has 0 atom stereocenters. The molecule has 3 aromatic rings. The summed E-state index contributed by atoms with van der Waals surface area (Å²) in [6.45, 7) is 8.18. The molecule has 5 rings (SSSR count). The Bertz CT molecular complexity index is 1300. The van der Waals surface area contributed by atoms with Crippen molar-refractivity contribution in [2.45, 2.75) is 46.5 Å². The van der Waals surface area contributed by atoms with E-state index in [-0.39, 0.29) is 17.5 Å². The number of fused-ring (bicyclic) bond motifs is 1. The van der Waals surface area contributed by atoms with E-state index < -0.39 is 11.9 Å². The van der Waals surface area contributed by atoms with E-state index in [1.54, 1.807) is 18.3 Å². The molecule has 182 valence electrons. The lowest BCUT2D eigenvalue weighted by Crippen LogP contribution is -2.48. The molecule has 6 nitrogen and oxygen atoms in total. The first-order valence-electron chi connectivity index (χ1n) is 11.6. The normalized spacial score (nSPS) is 15.8. The van der Waals surface area contributed by atoms with Gasteiger partial charge in [0.2, 0.25) is 5.91 Å². The summed E-state index contributed by atoms with van der Waals surface area (Å²) in [7, 11) is 0. The summed E-state index contributed by atoms with van der Waals surface area (Å²) in [5, 5.41) is 0. The van der Waals surface area contributed by atoms with Crippen LogP contribution in [0.25, 0.3) is 11.3 Å². The molecule has 0 radical (unpaired) electrons. The Morgan fingerprint density at radius 2 is 1.77 bits per heavy atom. The van der Waals surface area contributed by atoms with E-state index in [2.05, 4.69) is 32.8 Å². The smallest absolute Gasteiger partial charge is 0.371 e. The van der Waals surface area contributed by atoms with Crippen molar-refractivity contribution in [3.8, 4) is 11.3 Å². The van der Waals surface area contributed by atoms with Gasteiger partial charge in [-0.3, -0.25) is 14.8 Å². The van der Waals surface area contributed by atoms with Crippen LogP contribution in [-0.4, -0.2) is 38.8 Å². The van der Waals surface area contributed by atoms with E-state index in [9.17, 15) is 18.0 Å². The summed E-state index contributed by atoms with van der Waals surface area (Å²) >= 11 is 0. The quantitative estimate of drug-likeness (QED) is 0.533. The Hall–Kier alpha value is -3.49. The molecule has 5 heterocycles. The van der Waals surface area contributed by atoms with E-state index in [0.29, 0.717) is 30.8 Å². The molecule has 0 spiro atoms. The van der Waals surface area contributed by atoms with Gasteiger partial charge in [-0.25, -0.2) is 4.98 Å². The SMILES string of the molecule is Cc1cc(-c2cc(N3CC(CC(=O)N4Cc5nc(C)cc(C)c5C4)C3)ccn2)cc(C(F)(F)F)n1. The van der Waals surface area contributed by atoms with Crippen LogP contribution in [0.4, 0.5) is 18.9 Å². The van der Waals surface area contributed by atoms with Crippen LogP contribution in [-0.2, 0) is 24.1 Å². The minimum atomic E-state index is -4.51. The van der Waals surface area contributed by atoms with Gasteiger partial charge in [-0.2, -0.15) is 13.2 Å². The molecule has 0 bridgehead atoms. The third-order valence-corrected chi connectivity index (χ3v) is 6.67. The average molecular weight is 482 g/mol. The predicted molar refractivity (Wildman–Crippen MR) is 125 cm³/mol. The number of anilines is 1. The molecule has 1 saturated heterocycles. The lowest BCUT2D eigenvalue weighted by molar-refractivity contribution is -0.141. The lowest BCUT2D eigenvalue weighted by atomic mass is 9.94. The molecule has 0 N–H and O–H groups in total. The van der Waals surface area contributed by atoms with Crippen LogP contribution in [0, 0.1) is 26.7 Å². The van der Waals surface area contributed by atoms with E-state index >= 15 is 0 Å². The van der Waals surface area contributed by atoms with Crippen LogP contribution in [0.15, 0.2) is 36.5 Å². The summed E-state index contributed by atoms with van der Waals surface area (Å²) in [4.78, 5) is 29.4. The topological polar surface area (TPSA) is 62.2 Å². The molecule has 0 aliphatic carbocycles. The van der Waals surface area contributed by atoms with Crippen molar-refractivity contribution in [2.75, 3.05) is 18.0 Å². The fourth-order valence-corrected chi connectivity index (χ4v) is 4.91. The molecule has 1 amide bonds. The van der Waals surface area contributed by atoms with Crippen LogP contribution < -0.4 is 4.90 Å². The Morgan fingerprint density at radius 1 is 1.03 bits per heavy atom. The second-order valence-electron chi connectivity index (χ2n) is 9.51. The van der Waals surface area contributed by atoms with Gasteiger partial charge >= 0.3 is 6.18 Å². The predicted octanol–water partition coefficient (Wildman–Crippen LogP) is 4.85. The minimum Gasteiger partial charge on any atom is -0.371 e. The van der Waals surface area contributed by atoms with Gasteiger partial charge in [0.05, 0.1) is 17.9 Å². The van der Waals surface area contributed by atoms with Gasteiger partial charge in [0, 0.05) is 60.8 Å². The number of hydrogen-bond acceptors (Lipinski definition) is 5. The number of halogens is 3. The number of amides is 1. The van der Waals surface area contributed by atoms with Crippen molar-refractivity contribution < 1.29 is 18.0 Å². The third kappa shape index (κ3) is 4.72. The number of alkyl halides is 3. The molecule has 2 aliphatic rings. The highest BCUT2D eigenvalue weighted by Gasteiger charge is 2.34. The highest BCUT2D eigenvalue weighted by molar-refractivity contribution is 5.78. The summed E-state index contributed by atoms with van der Waals surface area (Å²) in [5.74, 6) is 0.366. The van der Waals surface area contributed by atoms with Gasteiger partial charge in [0.1, 0.15) is 5.69 Å². The maximum atomic E-state index is 13.2. The van der Waals surface area contributed by atoms with Gasteiger partial charge in [-0.15, -0.1) is 0 Å². The maximum absolute atomic E-state index is 13.2. The molecular formula is C26H26F3N5O. The van der Waals surface area contributed by atoms with Crippen molar-refractivity contribution in [1.29, 1.82) is 0 Å². The van der Waals surface area contributed by atoms with E-state index in [0.717, 1.165) is 41.8 Å². The number of carbonyl (C=O) groups excluding carboxylic acids is 1. The zero-order valence-corrected chi connectivity index (χ0v) is 19.9. The van der Waals surface area contributed by atoms with E-state index in [1.165, 1.54) is 12.5 Å². The van der Waals surface area contributed by atoms with Crippen LogP contribution in [0.1, 0.15) is 40.3 Å². The number of carbonyl (C=O) groups is 1. The summed E-state index contributed by atoms with van der Waals surface area (Å²) in [6.07, 6.45) is -2.44. The molecule has 1 fully saturated rings. The van der Waals surface area contributed by atoms with Gasteiger partial charge < -0.3 is 9.80 Å². The van der Waals surface area contributed by atoms with E-state index in [4.69, 9.17) is 0 Å². The Kier molecular flexibility index (Phi) is 5.73. The van der Waals surface area contributed by atoms with Gasteiger partial charge in [-0.1, -0.05) is 0 Å². The number of aromatic nitrogens is 3. The third-order valence-electron chi connectivity index (χ3n) is 6.67. The zero-order chi connectivity index (χ0) is 24.9. The molecule has 0 aromatic carbocycles. The second-order valence-corrected chi connectivity index (χ2v) is 9.51. The molecule has 35 heavy (non-hydrogen) atoms. The van der Waals surface area contributed by atoms with Crippen LogP contribution in [0.5, 0.6) is 0 Å². The Balaban J connectivity index is 1.22. The molecule has 0 saturated carbocycles. The van der Waals surface area contributed by atoms with Crippen LogP contribution >= 0.6 is 0 Å². The summed E-state index contributed by atoms with van der Waals surface area (Å²) in [5.41, 5.74) is 5.39. The summed E-state index contributed by atoms with van der Waals surface area (Å²) < 4.78 is 39.5. The van der Waals surface area contributed by atoms with Gasteiger partial charge in [0.15, 0.2) is 0 Å². The Labute approximate surface area is 201 Å². The first-order chi connectivity index (χ1) is 16.6. The number of hydrogen-bond donors (Lipinski definition) is 0. The number of pyridine rings is 3. The van der Waals surface area contributed by atoms with E-state index in [1.807, 2.05) is 17.9 Å². The average Bonchev–Trinajstić information content (AvgIpc) is 3.19. The highest BCUT2D eigenvalue weighted by Crippen LogP contribution is 2.34. The minimum absolute atomic E-state index is 0.132. The maximum Gasteiger partial charge on any atom is 0.433 e. The molecular weight excluding hydrogens is 455 g/mol. The second kappa shape index (κ2) is 8.62. The summed E-state index contributed by atoms with van der Waals surface area (Å²) in [6, 6.07) is 8.32. The largest absolute Gasteiger partial charge is 0.433 e.